The number of fused-ring (bicyclic) bond motifs is 2. The lowest BCUT2D eigenvalue weighted by Gasteiger charge is -2.40. The number of sulfonamides is 1. The molecule has 14 nitrogen and oxygen atoms in total. The SMILES string of the molecule is CN1CCN(S(=O)(=O)c2cc(F)ccc2CNC(=O)c2nc3n(c(=O)c2O)CCCOC32CCN(C(=O)O)CC2)CC1. The number of piperidine rings is 1. The van der Waals surface area contributed by atoms with Crippen LogP contribution in [0.25, 0.3) is 0 Å². The number of halogens is 1. The summed E-state index contributed by atoms with van der Waals surface area (Å²) in [5.41, 5.74) is -2.42. The first-order valence-electron chi connectivity index (χ1n) is 13.6. The zero-order valence-electron chi connectivity index (χ0n) is 23.1. The van der Waals surface area contributed by atoms with Crippen LogP contribution in [0.3, 0.4) is 0 Å². The van der Waals surface area contributed by atoms with Crippen molar-refractivity contribution in [3.05, 3.63) is 51.5 Å². The van der Waals surface area contributed by atoms with Gasteiger partial charge in [0.2, 0.25) is 15.8 Å². The highest BCUT2D eigenvalue weighted by Crippen LogP contribution is 2.38. The summed E-state index contributed by atoms with van der Waals surface area (Å²) >= 11 is 0. The summed E-state index contributed by atoms with van der Waals surface area (Å²) in [6.45, 7) is 1.84. The number of benzene rings is 1. The Kier molecular flexibility index (Phi) is 8.24. The van der Waals surface area contributed by atoms with Crippen LogP contribution in [0.15, 0.2) is 27.9 Å². The van der Waals surface area contributed by atoms with Gasteiger partial charge in [0, 0.05) is 71.8 Å². The second-order valence-electron chi connectivity index (χ2n) is 10.7. The average Bonchev–Trinajstić information content (AvgIpc) is 3.14. The minimum Gasteiger partial charge on any atom is -0.501 e. The Morgan fingerprint density at radius 1 is 1.12 bits per heavy atom. The number of nitrogens with zero attached hydrogens (tertiary/aromatic N) is 5. The van der Waals surface area contributed by atoms with E-state index in [-0.39, 0.29) is 75.0 Å². The van der Waals surface area contributed by atoms with E-state index in [0.717, 1.165) is 12.1 Å². The molecule has 2 saturated heterocycles. The third-order valence-electron chi connectivity index (χ3n) is 8.06. The molecule has 1 spiro atoms. The van der Waals surface area contributed by atoms with Crippen LogP contribution in [0, 0.1) is 5.82 Å². The molecular formula is C26H33FN6O8S. The minimum absolute atomic E-state index is 0.121. The molecule has 1 aromatic heterocycles. The molecule has 2 aromatic rings. The van der Waals surface area contributed by atoms with Crippen LogP contribution < -0.4 is 10.9 Å². The molecule has 0 radical (unpaired) electrons. The van der Waals surface area contributed by atoms with Crippen molar-refractivity contribution in [2.24, 2.45) is 0 Å². The van der Waals surface area contributed by atoms with Crippen LogP contribution >= 0.6 is 0 Å². The number of ether oxygens (including phenoxy) is 1. The van der Waals surface area contributed by atoms with Crippen molar-refractivity contribution < 1.29 is 37.3 Å². The minimum atomic E-state index is -4.08. The molecule has 0 bridgehead atoms. The Morgan fingerprint density at radius 2 is 1.81 bits per heavy atom. The summed E-state index contributed by atoms with van der Waals surface area (Å²) in [5.74, 6) is -2.45. The summed E-state index contributed by atoms with van der Waals surface area (Å²) in [6, 6.07) is 3.25. The number of nitrogens with one attached hydrogen (secondary N) is 1. The van der Waals surface area contributed by atoms with E-state index in [4.69, 9.17) is 4.74 Å². The van der Waals surface area contributed by atoms with Crippen molar-refractivity contribution in [3.63, 3.8) is 0 Å². The van der Waals surface area contributed by atoms with E-state index in [1.165, 1.54) is 19.8 Å². The van der Waals surface area contributed by atoms with Gasteiger partial charge in [0.1, 0.15) is 17.2 Å². The molecule has 0 unspecified atom stereocenters. The van der Waals surface area contributed by atoms with E-state index in [2.05, 4.69) is 10.3 Å². The topological polar surface area (TPSA) is 175 Å². The van der Waals surface area contributed by atoms with Crippen molar-refractivity contribution in [2.45, 2.75) is 42.8 Å². The first kappa shape index (κ1) is 29.9. The lowest BCUT2D eigenvalue weighted by Crippen LogP contribution is -2.48. The van der Waals surface area contributed by atoms with Crippen molar-refractivity contribution in [1.82, 2.24) is 29.0 Å². The maximum atomic E-state index is 14.2. The number of hydrogen-bond acceptors (Lipinski definition) is 9. The van der Waals surface area contributed by atoms with Gasteiger partial charge in [0.05, 0.1) is 4.90 Å². The maximum Gasteiger partial charge on any atom is 0.407 e. The molecule has 0 saturated carbocycles. The van der Waals surface area contributed by atoms with Gasteiger partial charge in [-0.2, -0.15) is 4.31 Å². The summed E-state index contributed by atoms with van der Waals surface area (Å²) in [6.07, 6.45) is -0.246. The summed E-state index contributed by atoms with van der Waals surface area (Å²) in [5, 5.41) is 22.6. The van der Waals surface area contributed by atoms with Crippen LogP contribution in [0.4, 0.5) is 9.18 Å². The number of rotatable bonds is 5. The van der Waals surface area contributed by atoms with Gasteiger partial charge in [-0.25, -0.2) is 22.6 Å². The number of aromatic hydroxyl groups is 1. The molecule has 1 aromatic carbocycles. The van der Waals surface area contributed by atoms with E-state index < -0.39 is 50.4 Å². The first-order chi connectivity index (χ1) is 19.9. The second kappa shape index (κ2) is 11.6. The van der Waals surface area contributed by atoms with Gasteiger partial charge in [-0.1, -0.05) is 6.07 Å². The van der Waals surface area contributed by atoms with Crippen LogP contribution in [-0.2, 0) is 33.5 Å². The molecule has 5 rings (SSSR count). The molecule has 3 aliphatic heterocycles. The fourth-order valence-corrected chi connectivity index (χ4v) is 7.24. The molecule has 3 aliphatic rings. The van der Waals surface area contributed by atoms with Crippen molar-refractivity contribution in [2.75, 3.05) is 52.9 Å². The van der Waals surface area contributed by atoms with Crippen LogP contribution in [0.2, 0.25) is 0 Å². The molecule has 2 amide bonds. The Bertz CT molecular complexity index is 1550. The quantitative estimate of drug-likeness (QED) is 0.430. The monoisotopic (exact) mass is 608 g/mol. The Hall–Kier alpha value is -3.60. The lowest BCUT2D eigenvalue weighted by atomic mass is 9.89. The van der Waals surface area contributed by atoms with Gasteiger partial charge in [-0.15, -0.1) is 0 Å². The smallest absolute Gasteiger partial charge is 0.407 e. The van der Waals surface area contributed by atoms with E-state index >= 15 is 0 Å². The molecule has 4 heterocycles. The normalized spacial score (nSPS) is 19.7. The average molecular weight is 609 g/mol. The third-order valence-corrected chi connectivity index (χ3v) is 10.0. The van der Waals surface area contributed by atoms with Gasteiger partial charge in [-0.05, 0) is 31.2 Å². The van der Waals surface area contributed by atoms with Gasteiger partial charge in [-0.3, -0.25) is 14.2 Å². The van der Waals surface area contributed by atoms with Crippen molar-refractivity contribution >= 4 is 22.0 Å². The van der Waals surface area contributed by atoms with E-state index in [1.54, 1.807) is 0 Å². The summed E-state index contributed by atoms with van der Waals surface area (Å²) in [4.78, 5) is 45.2. The maximum absolute atomic E-state index is 14.2. The highest BCUT2D eigenvalue weighted by Gasteiger charge is 2.44. The largest absolute Gasteiger partial charge is 0.501 e. The number of likely N-dealkylation sites (tertiary alicyclic amines) is 1. The Morgan fingerprint density at radius 3 is 2.48 bits per heavy atom. The van der Waals surface area contributed by atoms with E-state index in [9.17, 15) is 37.4 Å². The Balaban J connectivity index is 1.43. The zero-order valence-corrected chi connectivity index (χ0v) is 23.9. The molecule has 0 aliphatic carbocycles. The number of carbonyl (C=O) groups excluding carboxylic acids is 1. The molecule has 16 heteroatoms. The number of hydrogen-bond donors (Lipinski definition) is 3. The zero-order chi connectivity index (χ0) is 30.2. The molecule has 2 fully saturated rings. The van der Waals surface area contributed by atoms with Crippen LogP contribution in [0.1, 0.15) is 41.1 Å². The second-order valence-corrected chi connectivity index (χ2v) is 12.6. The molecule has 228 valence electrons. The number of piperazine rings is 1. The number of carboxylic acid groups (broad SMARTS) is 1. The lowest BCUT2D eigenvalue weighted by molar-refractivity contribution is -0.0880. The van der Waals surface area contributed by atoms with E-state index in [1.807, 2.05) is 11.9 Å². The third kappa shape index (κ3) is 5.58. The predicted octanol–water partition coefficient (Wildman–Crippen LogP) is 0.344. The highest BCUT2D eigenvalue weighted by atomic mass is 32.2. The van der Waals surface area contributed by atoms with Crippen molar-refractivity contribution in [3.8, 4) is 5.75 Å². The van der Waals surface area contributed by atoms with Crippen LogP contribution in [0.5, 0.6) is 5.75 Å². The van der Waals surface area contributed by atoms with Gasteiger partial charge in [0.25, 0.3) is 11.5 Å². The summed E-state index contributed by atoms with van der Waals surface area (Å²) in [7, 11) is -2.20. The van der Waals surface area contributed by atoms with E-state index in [0.29, 0.717) is 19.5 Å². The molecule has 42 heavy (non-hydrogen) atoms. The molecular weight excluding hydrogens is 575 g/mol. The number of carbonyl (C=O) groups is 2. The Labute approximate surface area is 241 Å². The standard InChI is InChI=1S/C26H33FN6O8S/c1-30-10-12-32(13-11-30)42(39,40)19-15-18(27)4-3-17(19)16-28-22(35)20-21(34)23(36)33-7-2-14-41-26(24(33)29-20)5-8-31(9-6-26)25(37)38/h3-4,15,34H,2,5-14,16H2,1H3,(H,28,35)(H,37,38). The van der Waals surface area contributed by atoms with Gasteiger partial charge >= 0.3 is 6.09 Å². The van der Waals surface area contributed by atoms with Gasteiger partial charge < -0.3 is 30.1 Å². The molecule has 0 atom stereocenters. The number of amides is 2. The van der Waals surface area contributed by atoms with Crippen LogP contribution in [-0.4, -0.2) is 107 Å². The highest BCUT2D eigenvalue weighted by molar-refractivity contribution is 7.89. The number of likely N-dealkylation sites (N-methyl/N-ethyl adjacent to an activating group) is 1. The first-order valence-corrected chi connectivity index (χ1v) is 15.1. The fourth-order valence-electron chi connectivity index (χ4n) is 5.58. The predicted molar refractivity (Wildman–Crippen MR) is 145 cm³/mol. The number of aromatic nitrogens is 2. The fraction of sp³-hybridized carbons (Fsp3) is 0.538. The molecule has 3 N–H and O–H groups in total. The summed E-state index contributed by atoms with van der Waals surface area (Å²) < 4.78 is 49.6. The van der Waals surface area contributed by atoms with Gasteiger partial charge in [0.15, 0.2) is 5.69 Å². The van der Waals surface area contributed by atoms with Crippen molar-refractivity contribution in [1.29, 1.82) is 0 Å².